The lowest BCUT2D eigenvalue weighted by Crippen LogP contribution is -2.32. The van der Waals surface area contributed by atoms with Gasteiger partial charge in [0.25, 0.3) is 0 Å². The Morgan fingerprint density at radius 2 is 1.33 bits per heavy atom. The van der Waals surface area contributed by atoms with E-state index < -0.39 is 0 Å². The summed E-state index contributed by atoms with van der Waals surface area (Å²) in [6.45, 7) is 4.52. The van der Waals surface area contributed by atoms with Crippen molar-refractivity contribution in [2.45, 2.75) is 45.3 Å². The van der Waals surface area contributed by atoms with E-state index in [9.17, 15) is 0 Å². The first-order valence-electron chi connectivity index (χ1n) is 8.13. The summed E-state index contributed by atoms with van der Waals surface area (Å²) in [6.07, 6.45) is 4.07. The van der Waals surface area contributed by atoms with Crippen LogP contribution in [0.15, 0.2) is 60.7 Å². The molecule has 110 valence electrons. The van der Waals surface area contributed by atoms with E-state index in [0.717, 1.165) is 25.0 Å². The molecular formula is C20H25N. The quantitative estimate of drug-likeness (QED) is 0.754. The monoisotopic (exact) mass is 279 g/mol. The Labute approximate surface area is 128 Å². The average molecular weight is 279 g/mol. The van der Waals surface area contributed by atoms with Crippen LogP contribution in [0.1, 0.15) is 37.3 Å². The van der Waals surface area contributed by atoms with E-state index in [0.29, 0.717) is 0 Å². The molecule has 0 aromatic heterocycles. The molecule has 0 saturated heterocycles. The van der Waals surface area contributed by atoms with Crippen molar-refractivity contribution in [2.75, 3.05) is 0 Å². The topological polar surface area (TPSA) is 3.24 Å². The predicted molar refractivity (Wildman–Crippen MR) is 88.9 cm³/mol. The van der Waals surface area contributed by atoms with Gasteiger partial charge in [0.1, 0.15) is 0 Å². The third kappa shape index (κ3) is 3.95. The van der Waals surface area contributed by atoms with Gasteiger partial charge in [-0.25, -0.2) is 0 Å². The predicted octanol–water partition coefficient (Wildman–Crippen LogP) is 4.88. The summed E-state index contributed by atoms with van der Waals surface area (Å²) >= 11 is 0. The summed E-state index contributed by atoms with van der Waals surface area (Å²) < 4.78 is 0. The fourth-order valence-corrected chi connectivity index (χ4v) is 3.46. The van der Waals surface area contributed by atoms with Crippen LogP contribution >= 0.6 is 0 Å². The number of rotatable bonds is 5. The van der Waals surface area contributed by atoms with Crippen LogP contribution in [-0.2, 0) is 13.1 Å². The molecule has 1 fully saturated rings. The molecule has 3 rings (SSSR count). The van der Waals surface area contributed by atoms with Crippen molar-refractivity contribution in [2.24, 2.45) is 5.92 Å². The lowest BCUT2D eigenvalue weighted by atomic mass is 10.1. The van der Waals surface area contributed by atoms with E-state index in [4.69, 9.17) is 0 Å². The lowest BCUT2D eigenvalue weighted by Gasteiger charge is -2.29. The van der Waals surface area contributed by atoms with Gasteiger partial charge in [0.05, 0.1) is 0 Å². The number of hydrogen-bond acceptors (Lipinski definition) is 1. The Hall–Kier alpha value is -1.60. The Balaban J connectivity index is 1.74. The maximum absolute atomic E-state index is 2.67. The molecule has 2 atom stereocenters. The van der Waals surface area contributed by atoms with Crippen LogP contribution in [-0.4, -0.2) is 10.9 Å². The molecular weight excluding hydrogens is 254 g/mol. The first kappa shape index (κ1) is 14.3. The molecule has 2 aromatic carbocycles. The van der Waals surface area contributed by atoms with Gasteiger partial charge in [-0.15, -0.1) is 0 Å². The Morgan fingerprint density at radius 1 is 0.810 bits per heavy atom. The second kappa shape index (κ2) is 6.91. The van der Waals surface area contributed by atoms with E-state index in [-0.39, 0.29) is 0 Å². The molecule has 0 N–H and O–H groups in total. The minimum Gasteiger partial charge on any atom is -0.292 e. The summed E-state index contributed by atoms with van der Waals surface area (Å²) in [5.74, 6) is 0.879. The third-order valence-electron chi connectivity index (χ3n) is 4.64. The lowest BCUT2D eigenvalue weighted by molar-refractivity contribution is 0.177. The van der Waals surface area contributed by atoms with Gasteiger partial charge >= 0.3 is 0 Å². The van der Waals surface area contributed by atoms with Crippen molar-refractivity contribution < 1.29 is 0 Å². The molecule has 0 bridgehead atoms. The van der Waals surface area contributed by atoms with Crippen molar-refractivity contribution >= 4 is 0 Å². The van der Waals surface area contributed by atoms with Crippen molar-refractivity contribution in [1.82, 2.24) is 4.90 Å². The maximum Gasteiger partial charge on any atom is 0.0240 e. The minimum atomic E-state index is 0.736. The molecule has 1 heteroatoms. The maximum atomic E-state index is 2.67. The first-order valence-corrected chi connectivity index (χ1v) is 8.13. The van der Waals surface area contributed by atoms with Crippen LogP contribution in [0.3, 0.4) is 0 Å². The summed E-state index contributed by atoms with van der Waals surface area (Å²) in [6, 6.07) is 22.5. The highest BCUT2D eigenvalue weighted by atomic mass is 15.2. The van der Waals surface area contributed by atoms with E-state index in [2.05, 4.69) is 72.5 Å². The van der Waals surface area contributed by atoms with Crippen LogP contribution in [0.5, 0.6) is 0 Å². The molecule has 0 radical (unpaired) electrons. The zero-order valence-electron chi connectivity index (χ0n) is 12.9. The largest absolute Gasteiger partial charge is 0.292 e. The van der Waals surface area contributed by atoms with Crippen LogP contribution < -0.4 is 0 Å². The van der Waals surface area contributed by atoms with Crippen LogP contribution in [0, 0.1) is 5.92 Å². The van der Waals surface area contributed by atoms with Gasteiger partial charge < -0.3 is 0 Å². The van der Waals surface area contributed by atoms with Gasteiger partial charge in [0.2, 0.25) is 0 Å². The van der Waals surface area contributed by atoms with Gasteiger partial charge in [-0.1, -0.05) is 67.6 Å². The molecule has 1 saturated carbocycles. The molecule has 1 nitrogen and oxygen atoms in total. The second-order valence-electron chi connectivity index (χ2n) is 6.45. The molecule has 1 aliphatic rings. The number of benzene rings is 2. The van der Waals surface area contributed by atoms with Crippen LogP contribution in [0.25, 0.3) is 0 Å². The third-order valence-corrected chi connectivity index (χ3v) is 4.64. The Bertz CT molecular complexity index is 493. The molecule has 0 aliphatic heterocycles. The molecule has 0 heterocycles. The van der Waals surface area contributed by atoms with E-state index in [1.807, 2.05) is 0 Å². The molecule has 21 heavy (non-hydrogen) atoms. The number of hydrogen-bond donors (Lipinski definition) is 0. The molecule has 1 aliphatic carbocycles. The highest BCUT2D eigenvalue weighted by molar-refractivity contribution is 5.17. The molecule has 2 aromatic rings. The average Bonchev–Trinajstić information content (AvgIpc) is 2.95. The van der Waals surface area contributed by atoms with Crippen LogP contribution in [0.2, 0.25) is 0 Å². The second-order valence-corrected chi connectivity index (χ2v) is 6.45. The van der Waals surface area contributed by atoms with Gasteiger partial charge in [0.15, 0.2) is 0 Å². The minimum absolute atomic E-state index is 0.736. The van der Waals surface area contributed by atoms with E-state index in [1.165, 1.54) is 30.4 Å². The molecule has 0 spiro atoms. The van der Waals surface area contributed by atoms with Gasteiger partial charge in [0, 0.05) is 19.1 Å². The van der Waals surface area contributed by atoms with Crippen molar-refractivity contribution in [3.05, 3.63) is 71.8 Å². The number of nitrogens with zero attached hydrogens (tertiary/aromatic N) is 1. The SMILES string of the molecule is CC1CC[C@@H](N(Cc2ccccc2)Cc2ccccc2)C1. The van der Waals surface area contributed by atoms with Crippen molar-refractivity contribution in [3.8, 4) is 0 Å². The highest BCUT2D eigenvalue weighted by Crippen LogP contribution is 2.30. The zero-order chi connectivity index (χ0) is 14.5. The van der Waals surface area contributed by atoms with Gasteiger partial charge in [-0.3, -0.25) is 4.90 Å². The van der Waals surface area contributed by atoms with E-state index in [1.54, 1.807) is 0 Å². The standard InChI is InChI=1S/C20H25N/c1-17-12-13-20(14-17)21(15-18-8-4-2-5-9-18)16-19-10-6-3-7-11-19/h2-11,17,20H,12-16H2,1H3/t17?,20-/m1/s1. The zero-order valence-corrected chi connectivity index (χ0v) is 12.9. The summed E-state index contributed by atoms with van der Waals surface area (Å²) in [7, 11) is 0. The van der Waals surface area contributed by atoms with Crippen LogP contribution in [0.4, 0.5) is 0 Å². The summed E-state index contributed by atoms with van der Waals surface area (Å²) in [5, 5.41) is 0. The summed E-state index contributed by atoms with van der Waals surface area (Å²) in [5.41, 5.74) is 2.85. The first-order chi connectivity index (χ1) is 10.3. The highest BCUT2D eigenvalue weighted by Gasteiger charge is 2.26. The Kier molecular flexibility index (Phi) is 4.72. The summed E-state index contributed by atoms with van der Waals surface area (Å²) in [4.78, 5) is 2.67. The van der Waals surface area contributed by atoms with Crippen molar-refractivity contribution in [3.63, 3.8) is 0 Å². The fraction of sp³-hybridized carbons (Fsp3) is 0.400. The molecule has 0 amide bonds. The fourth-order valence-electron chi connectivity index (χ4n) is 3.46. The normalized spacial score (nSPS) is 21.8. The van der Waals surface area contributed by atoms with Crippen molar-refractivity contribution in [1.29, 1.82) is 0 Å². The van der Waals surface area contributed by atoms with E-state index >= 15 is 0 Å². The van der Waals surface area contributed by atoms with Gasteiger partial charge in [-0.2, -0.15) is 0 Å². The smallest absolute Gasteiger partial charge is 0.0240 e. The Morgan fingerprint density at radius 3 is 1.76 bits per heavy atom. The molecule has 1 unspecified atom stereocenters. The van der Waals surface area contributed by atoms with Gasteiger partial charge in [-0.05, 0) is 36.3 Å².